The van der Waals surface area contributed by atoms with Crippen LogP contribution in [0, 0.1) is 18.7 Å². The summed E-state index contributed by atoms with van der Waals surface area (Å²) in [4.78, 5) is 20.5. The van der Waals surface area contributed by atoms with Crippen LogP contribution in [0.25, 0.3) is 11.3 Å². The Labute approximate surface area is 232 Å². The average Bonchev–Trinajstić information content (AvgIpc) is 3.42. The predicted molar refractivity (Wildman–Crippen MR) is 151 cm³/mol. The van der Waals surface area contributed by atoms with Gasteiger partial charge in [-0.25, -0.2) is 9.37 Å². The number of aryl methyl sites for hydroxylation is 1. The maximum absolute atomic E-state index is 14.3. The van der Waals surface area contributed by atoms with E-state index in [2.05, 4.69) is 9.80 Å². The first kappa shape index (κ1) is 27.6. The zero-order valence-electron chi connectivity index (χ0n) is 22.5. The number of ether oxygens (including phenoxy) is 1. The topological polar surface area (TPSA) is 86.1 Å². The van der Waals surface area contributed by atoms with Gasteiger partial charge in [0.25, 0.3) is 0 Å². The van der Waals surface area contributed by atoms with Gasteiger partial charge in [-0.3, -0.25) is 9.69 Å². The van der Waals surface area contributed by atoms with Crippen molar-refractivity contribution in [3.8, 4) is 17.0 Å². The molecule has 3 aromatic rings. The first-order valence-electron chi connectivity index (χ1n) is 13.7. The molecule has 0 bridgehead atoms. The summed E-state index contributed by atoms with van der Waals surface area (Å²) < 4.78 is 20.5. The van der Waals surface area contributed by atoms with Gasteiger partial charge in [-0.15, -0.1) is 11.3 Å². The summed E-state index contributed by atoms with van der Waals surface area (Å²) >= 11 is 1.47. The van der Waals surface area contributed by atoms with Crippen LogP contribution in [0.5, 0.6) is 5.75 Å². The molecule has 1 aromatic heterocycles. The molecule has 0 saturated carbocycles. The quantitative estimate of drug-likeness (QED) is 0.354. The number of likely N-dealkylation sites (tertiary alicyclic amines) is 1. The molecule has 9 heteroatoms. The third-order valence-corrected chi connectivity index (χ3v) is 8.84. The van der Waals surface area contributed by atoms with E-state index in [9.17, 15) is 19.4 Å². The summed E-state index contributed by atoms with van der Waals surface area (Å²) in [5.74, 6) is -0.895. The van der Waals surface area contributed by atoms with Gasteiger partial charge >= 0.3 is 5.97 Å². The maximum atomic E-state index is 14.3. The van der Waals surface area contributed by atoms with E-state index in [0.717, 1.165) is 47.8 Å². The molecule has 2 aliphatic heterocycles. The molecular formula is C30H36FN3O4S. The van der Waals surface area contributed by atoms with E-state index in [1.165, 1.54) is 29.9 Å². The lowest BCUT2D eigenvalue weighted by molar-refractivity contribution is -0.142. The number of anilines is 1. The summed E-state index contributed by atoms with van der Waals surface area (Å²) in [6.07, 6.45) is 4.01. The summed E-state index contributed by atoms with van der Waals surface area (Å²) in [5.41, 5.74) is 4.13. The minimum absolute atomic E-state index is 0.0569. The van der Waals surface area contributed by atoms with Crippen LogP contribution in [0.2, 0.25) is 0 Å². The van der Waals surface area contributed by atoms with E-state index in [1.807, 2.05) is 37.4 Å². The molecule has 7 nitrogen and oxygen atoms in total. The number of aliphatic hydroxyl groups excluding tert-OH is 1. The van der Waals surface area contributed by atoms with Crippen molar-refractivity contribution in [1.82, 2.24) is 9.88 Å². The van der Waals surface area contributed by atoms with Crippen LogP contribution < -0.4 is 9.64 Å². The highest BCUT2D eigenvalue weighted by Gasteiger charge is 2.31. The number of hydrogen-bond donors (Lipinski definition) is 2. The van der Waals surface area contributed by atoms with Gasteiger partial charge in [0.1, 0.15) is 24.4 Å². The third-order valence-electron chi connectivity index (χ3n) is 7.97. The van der Waals surface area contributed by atoms with Gasteiger partial charge < -0.3 is 19.8 Å². The molecule has 0 radical (unpaired) electrons. The highest BCUT2D eigenvalue weighted by atomic mass is 32.1. The molecule has 2 N–H and O–H groups in total. The second-order valence-corrected chi connectivity index (χ2v) is 11.5. The molecule has 2 aromatic carbocycles. The Morgan fingerprint density at radius 2 is 1.97 bits per heavy atom. The molecule has 0 spiro atoms. The highest BCUT2D eigenvalue weighted by Crippen LogP contribution is 2.37. The smallest absolute Gasteiger partial charge is 0.306 e. The number of aliphatic carboxylic acids is 1. The third kappa shape index (κ3) is 6.26. The number of aromatic nitrogens is 1. The monoisotopic (exact) mass is 553 g/mol. The molecule has 2 fully saturated rings. The number of carboxylic acids is 1. The zero-order valence-corrected chi connectivity index (χ0v) is 23.3. The fourth-order valence-electron chi connectivity index (χ4n) is 5.60. The van der Waals surface area contributed by atoms with Crippen LogP contribution in [0.4, 0.5) is 9.52 Å². The van der Waals surface area contributed by atoms with Crippen molar-refractivity contribution in [2.45, 2.75) is 64.8 Å². The number of benzene rings is 2. The van der Waals surface area contributed by atoms with Crippen molar-refractivity contribution in [3.05, 3.63) is 64.3 Å². The largest absolute Gasteiger partial charge is 0.488 e. The molecule has 3 unspecified atom stereocenters. The number of aliphatic hydroxyl groups is 1. The summed E-state index contributed by atoms with van der Waals surface area (Å²) in [7, 11) is 0. The standard InChI is InChI=1S/C30H36FN3O4S/c1-19-14-21(28(35)33-11-4-3-5-12-33)6-7-23(19)17-38-27-9-8-24(31)16-25(27)26-18-39-30(32-26)34-13-10-22(29(36)37)15-20(34)2/h6-9,14,16,18,20,22,28,35H,3-5,10-13,15,17H2,1-2H3,(H,36,37). The van der Waals surface area contributed by atoms with Crippen molar-refractivity contribution >= 4 is 22.4 Å². The van der Waals surface area contributed by atoms with Gasteiger partial charge in [0.15, 0.2) is 5.13 Å². The Bertz CT molecular complexity index is 1310. The zero-order chi connectivity index (χ0) is 27.5. The average molecular weight is 554 g/mol. The van der Waals surface area contributed by atoms with Crippen molar-refractivity contribution in [2.24, 2.45) is 5.92 Å². The molecule has 3 atom stereocenters. The van der Waals surface area contributed by atoms with Crippen LogP contribution in [-0.2, 0) is 11.4 Å². The van der Waals surface area contributed by atoms with E-state index in [4.69, 9.17) is 9.72 Å². The van der Waals surface area contributed by atoms with Crippen LogP contribution in [0.1, 0.15) is 61.9 Å². The summed E-state index contributed by atoms with van der Waals surface area (Å²) in [6, 6.07) is 10.5. The van der Waals surface area contributed by atoms with Crippen molar-refractivity contribution < 1.29 is 24.1 Å². The molecule has 0 amide bonds. The van der Waals surface area contributed by atoms with E-state index < -0.39 is 12.2 Å². The fourth-order valence-corrected chi connectivity index (χ4v) is 6.55. The predicted octanol–water partition coefficient (Wildman–Crippen LogP) is 6.00. The lowest BCUT2D eigenvalue weighted by Crippen LogP contribution is -2.42. The first-order valence-corrected chi connectivity index (χ1v) is 14.6. The summed E-state index contributed by atoms with van der Waals surface area (Å²) in [5, 5.41) is 22.9. The molecule has 5 rings (SSSR count). The molecule has 2 aliphatic rings. The number of nitrogens with zero attached hydrogens (tertiary/aromatic N) is 3. The van der Waals surface area contributed by atoms with E-state index in [1.54, 1.807) is 6.07 Å². The van der Waals surface area contributed by atoms with Gasteiger partial charge in [0.2, 0.25) is 0 Å². The maximum Gasteiger partial charge on any atom is 0.306 e. The van der Waals surface area contributed by atoms with Crippen molar-refractivity contribution in [3.63, 3.8) is 0 Å². The normalized spacial score (nSPS) is 21.1. The lowest BCUT2D eigenvalue weighted by atomic mass is 9.92. The Hall–Kier alpha value is -3.01. The minimum Gasteiger partial charge on any atom is -0.488 e. The molecule has 39 heavy (non-hydrogen) atoms. The Balaban J connectivity index is 1.29. The van der Waals surface area contributed by atoms with Crippen LogP contribution in [0.3, 0.4) is 0 Å². The fraction of sp³-hybridized carbons (Fsp3) is 0.467. The number of hydrogen-bond acceptors (Lipinski definition) is 7. The van der Waals surface area contributed by atoms with E-state index in [-0.39, 0.29) is 17.8 Å². The second-order valence-electron chi connectivity index (χ2n) is 10.7. The minimum atomic E-state index is -0.745. The number of carboxylic acid groups (broad SMARTS) is 1. The number of carbonyl (C=O) groups is 1. The molecule has 0 aliphatic carbocycles. The van der Waals surface area contributed by atoms with Gasteiger partial charge in [-0.2, -0.15) is 0 Å². The van der Waals surface area contributed by atoms with Gasteiger partial charge in [0, 0.05) is 36.6 Å². The number of rotatable bonds is 8. The van der Waals surface area contributed by atoms with Crippen LogP contribution >= 0.6 is 11.3 Å². The van der Waals surface area contributed by atoms with E-state index >= 15 is 0 Å². The highest BCUT2D eigenvalue weighted by molar-refractivity contribution is 7.14. The second kappa shape index (κ2) is 12.0. The van der Waals surface area contributed by atoms with Crippen molar-refractivity contribution in [2.75, 3.05) is 24.5 Å². The van der Waals surface area contributed by atoms with Gasteiger partial charge in [0.05, 0.1) is 11.6 Å². The van der Waals surface area contributed by atoms with Crippen molar-refractivity contribution in [1.29, 1.82) is 0 Å². The van der Waals surface area contributed by atoms with Gasteiger partial charge in [-0.1, -0.05) is 24.6 Å². The van der Waals surface area contributed by atoms with Crippen LogP contribution in [0.15, 0.2) is 41.8 Å². The number of halogens is 1. The van der Waals surface area contributed by atoms with Crippen LogP contribution in [-0.4, -0.2) is 51.7 Å². The number of thiazole rings is 1. The number of piperidine rings is 2. The Morgan fingerprint density at radius 3 is 2.69 bits per heavy atom. The molecule has 2 saturated heterocycles. The molecule has 3 heterocycles. The van der Waals surface area contributed by atoms with E-state index in [0.29, 0.717) is 43.0 Å². The van der Waals surface area contributed by atoms with Gasteiger partial charge in [-0.05, 0) is 74.4 Å². The summed E-state index contributed by atoms with van der Waals surface area (Å²) in [6.45, 7) is 6.79. The Kier molecular flexibility index (Phi) is 8.49. The lowest BCUT2D eigenvalue weighted by Gasteiger charge is -2.36. The SMILES string of the molecule is Cc1cc(C(O)N2CCCCC2)ccc1COc1ccc(F)cc1-c1csc(N2CCC(C(=O)O)CC2C)n1. The molecule has 208 valence electrons. The first-order chi connectivity index (χ1) is 18.8. The molecular weight excluding hydrogens is 517 g/mol. The Morgan fingerprint density at radius 1 is 1.18 bits per heavy atom.